The van der Waals surface area contributed by atoms with Crippen LogP contribution in [0.25, 0.3) is 5.69 Å². The third-order valence-corrected chi connectivity index (χ3v) is 5.06. The third kappa shape index (κ3) is 4.96. The van der Waals surface area contributed by atoms with Crippen LogP contribution in [0.2, 0.25) is 5.02 Å². The molecule has 0 saturated carbocycles. The largest absolute Gasteiger partial charge is 0.489 e. The van der Waals surface area contributed by atoms with Crippen LogP contribution in [0.3, 0.4) is 0 Å². The lowest BCUT2D eigenvalue weighted by atomic mass is 10.2. The first-order chi connectivity index (χ1) is 14.1. The second-order valence-corrected chi connectivity index (χ2v) is 7.55. The van der Waals surface area contributed by atoms with E-state index in [0.29, 0.717) is 10.8 Å². The Bertz CT molecular complexity index is 1020. The molecule has 0 N–H and O–H groups in total. The Morgan fingerprint density at radius 1 is 1.14 bits per heavy atom. The van der Waals surface area contributed by atoms with Gasteiger partial charge in [-0.2, -0.15) is 0 Å². The summed E-state index contributed by atoms with van der Waals surface area (Å²) < 4.78 is 13.2. The number of nitrogens with zero attached hydrogens (tertiary/aromatic N) is 3. The topological polar surface area (TPSA) is 56.6 Å². The van der Waals surface area contributed by atoms with E-state index in [2.05, 4.69) is 16.9 Å². The van der Waals surface area contributed by atoms with Crippen LogP contribution in [-0.4, -0.2) is 40.7 Å². The summed E-state index contributed by atoms with van der Waals surface area (Å²) in [5.74, 6) is 1.31. The Morgan fingerprint density at radius 2 is 1.97 bits per heavy atom. The summed E-state index contributed by atoms with van der Waals surface area (Å²) in [6.07, 6.45) is 4.52. The summed E-state index contributed by atoms with van der Waals surface area (Å²) in [7, 11) is 2.10. The Balaban J connectivity index is 1.40. The normalized spacial score (nSPS) is 16.7. The van der Waals surface area contributed by atoms with Crippen molar-refractivity contribution in [1.82, 2.24) is 14.5 Å². The minimum atomic E-state index is -0.169. The van der Waals surface area contributed by atoms with Crippen molar-refractivity contribution in [1.29, 1.82) is 0 Å². The molecule has 0 unspecified atom stereocenters. The summed E-state index contributed by atoms with van der Waals surface area (Å²) in [6.45, 7) is 2.26. The van der Waals surface area contributed by atoms with Gasteiger partial charge in [-0.25, -0.2) is 0 Å². The highest BCUT2D eigenvalue weighted by atomic mass is 35.5. The summed E-state index contributed by atoms with van der Waals surface area (Å²) in [4.78, 5) is 18.9. The van der Waals surface area contributed by atoms with Gasteiger partial charge >= 0.3 is 0 Å². The van der Waals surface area contributed by atoms with E-state index in [-0.39, 0.29) is 18.3 Å². The van der Waals surface area contributed by atoms with E-state index in [1.807, 2.05) is 24.3 Å². The summed E-state index contributed by atoms with van der Waals surface area (Å²) in [6, 6.07) is 14.3. The fraction of sp³-hybridized carbons (Fsp3) is 0.273. The van der Waals surface area contributed by atoms with Gasteiger partial charge in [0.2, 0.25) is 0 Å². The van der Waals surface area contributed by atoms with Crippen molar-refractivity contribution in [2.24, 2.45) is 0 Å². The van der Waals surface area contributed by atoms with Crippen LogP contribution in [0.1, 0.15) is 12.1 Å². The molecule has 1 atom stereocenters. The van der Waals surface area contributed by atoms with Gasteiger partial charge in [-0.05, 0) is 55.9 Å². The van der Waals surface area contributed by atoms with E-state index in [9.17, 15) is 4.79 Å². The maximum atomic E-state index is 12.5. The standard InChI is InChI=1S/C22H22ClN3O3/c1-25-10-8-21(14-25)29-19-6-4-18(5-7-19)26-11-9-20(12-22(26)27)28-15-17-3-2-16(23)13-24-17/h2-7,9,11-13,21H,8,10,14-15H2,1H3/t21-/m1/s1. The van der Waals surface area contributed by atoms with E-state index >= 15 is 0 Å². The molecule has 0 spiro atoms. The zero-order chi connectivity index (χ0) is 20.2. The second kappa shape index (κ2) is 8.68. The molecule has 29 heavy (non-hydrogen) atoms. The number of rotatable bonds is 6. The molecule has 0 aliphatic carbocycles. The van der Waals surface area contributed by atoms with E-state index in [1.54, 1.807) is 35.2 Å². The van der Waals surface area contributed by atoms with Crippen LogP contribution in [-0.2, 0) is 6.61 Å². The van der Waals surface area contributed by atoms with Crippen LogP contribution >= 0.6 is 11.6 Å². The highest BCUT2D eigenvalue weighted by Gasteiger charge is 2.20. The summed E-state index contributed by atoms with van der Waals surface area (Å²) in [5.41, 5.74) is 1.34. The minimum absolute atomic E-state index is 0.169. The van der Waals surface area contributed by atoms with E-state index in [1.165, 1.54) is 6.07 Å². The SMILES string of the molecule is CN1CC[C@@H](Oc2ccc(-n3ccc(OCc4ccc(Cl)cn4)cc3=O)cc2)C1. The number of aromatic nitrogens is 2. The number of pyridine rings is 2. The van der Waals surface area contributed by atoms with Crippen LogP contribution in [0.5, 0.6) is 11.5 Å². The maximum absolute atomic E-state index is 12.5. The van der Waals surface area contributed by atoms with E-state index < -0.39 is 0 Å². The molecule has 3 heterocycles. The highest BCUT2D eigenvalue weighted by molar-refractivity contribution is 6.30. The van der Waals surface area contributed by atoms with Gasteiger partial charge in [0.25, 0.3) is 5.56 Å². The lowest BCUT2D eigenvalue weighted by Gasteiger charge is -2.14. The second-order valence-electron chi connectivity index (χ2n) is 7.11. The Morgan fingerprint density at radius 3 is 2.62 bits per heavy atom. The molecule has 1 saturated heterocycles. The molecule has 1 fully saturated rings. The molecular formula is C22H22ClN3O3. The number of halogens is 1. The third-order valence-electron chi connectivity index (χ3n) is 4.83. The molecule has 0 amide bonds. The van der Waals surface area contributed by atoms with Crippen LogP contribution in [0.15, 0.2) is 65.7 Å². The monoisotopic (exact) mass is 411 g/mol. The van der Waals surface area contributed by atoms with Crippen LogP contribution in [0, 0.1) is 0 Å². The number of benzene rings is 1. The van der Waals surface area contributed by atoms with Gasteiger partial charge < -0.3 is 14.4 Å². The van der Waals surface area contributed by atoms with Gasteiger partial charge in [-0.15, -0.1) is 0 Å². The average molecular weight is 412 g/mol. The Hall–Kier alpha value is -2.83. The molecule has 7 heteroatoms. The zero-order valence-corrected chi connectivity index (χ0v) is 16.9. The fourth-order valence-electron chi connectivity index (χ4n) is 3.28. The van der Waals surface area contributed by atoms with Crippen LogP contribution < -0.4 is 15.0 Å². The number of likely N-dealkylation sites (tertiary alicyclic amines) is 1. The van der Waals surface area contributed by atoms with E-state index in [4.69, 9.17) is 21.1 Å². The Labute approximate surface area is 174 Å². The first kappa shape index (κ1) is 19.5. The van der Waals surface area contributed by atoms with Crippen LogP contribution in [0.4, 0.5) is 0 Å². The van der Waals surface area contributed by atoms with Crippen molar-refractivity contribution >= 4 is 11.6 Å². The first-order valence-corrected chi connectivity index (χ1v) is 9.86. The molecule has 4 rings (SSSR count). The van der Waals surface area contributed by atoms with Gasteiger partial charge in [0.1, 0.15) is 24.2 Å². The van der Waals surface area contributed by atoms with Gasteiger partial charge in [-0.3, -0.25) is 14.3 Å². The van der Waals surface area contributed by atoms with Crippen molar-refractivity contribution in [2.75, 3.05) is 20.1 Å². The molecule has 150 valence electrons. The van der Waals surface area contributed by atoms with Crippen molar-refractivity contribution in [3.63, 3.8) is 0 Å². The summed E-state index contributed by atoms with van der Waals surface area (Å²) in [5, 5.41) is 0.573. The molecule has 3 aromatic rings. The summed E-state index contributed by atoms with van der Waals surface area (Å²) >= 11 is 5.83. The quantitative estimate of drug-likeness (QED) is 0.621. The molecular weight excluding hydrogens is 390 g/mol. The van der Waals surface area contributed by atoms with Gasteiger partial charge in [0.15, 0.2) is 0 Å². The first-order valence-electron chi connectivity index (χ1n) is 9.48. The molecule has 1 aliphatic heterocycles. The van der Waals surface area contributed by atoms with Crippen molar-refractivity contribution in [2.45, 2.75) is 19.1 Å². The zero-order valence-electron chi connectivity index (χ0n) is 16.1. The molecule has 0 bridgehead atoms. The number of hydrogen-bond donors (Lipinski definition) is 0. The maximum Gasteiger partial charge on any atom is 0.258 e. The molecule has 1 aromatic carbocycles. The molecule has 2 aromatic heterocycles. The van der Waals surface area contributed by atoms with Crippen molar-refractivity contribution < 1.29 is 9.47 Å². The fourth-order valence-corrected chi connectivity index (χ4v) is 3.39. The van der Waals surface area contributed by atoms with Crippen molar-refractivity contribution in [3.8, 4) is 17.2 Å². The molecule has 1 aliphatic rings. The van der Waals surface area contributed by atoms with Crippen molar-refractivity contribution in [3.05, 3.63) is 82.0 Å². The minimum Gasteiger partial charge on any atom is -0.489 e. The number of ether oxygens (including phenoxy) is 2. The van der Waals surface area contributed by atoms with Gasteiger partial charge in [-0.1, -0.05) is 11.6 Å². The number of likely N-dealkylation sites (N-methyl/N-ethyl adjacent to an activating group) is 1. The molecule has 6 nitrogen and oxygen atoms in total. The average Bonchev–Trinajstić information content (AvgIpc) is 3.13. The van der Waals surface area contributed by atoms with Gasteiger partial charge in [0, 0.05) is 37.2 Å². The highest BCUT2D eigenvalue weighted by Crippen LogP contribution is 2.20. The predicted molar refractivity (Wildman–Crippen MR) is 112 cm³/mol. The van der Waals surface area contributed by atoms with Gasteiger partial charge in [0.05, 0.1) is 10.7 Å². The molecule has 0 radical (unpaired) electrons. The lowest BCUT2D eigenvalue weighted by Crippen LogP contribution is -2.21. The van der Waals surface area contributed by atoms with E-state index in [0.717, 1.165) is 36.6 Å². The predicted octanol–water partition coefficient (Wildman–Crippen LogP) is 3.55. The Kier molecular flexibility index (Phi) is 5.83. The smallest absolute Gasteiger partial charge is 0.258 e. The lowest BCUT2D eigenvalue weighted by molar-refractivity contribution is 0.208. The number of hydrogen-bond acceptors (Lipinski definition) is 5.